The third kappa shape index (κ3) is 4.68. The summed E-state index contributed by atoms with van der Waals surface area (Å²) in [5, 5.41) is 0.777. The van der Waals surface area contributed by atoms with Crippen LogP contribution in [-0.4, -0.2) is 18.4 Å². The van der Waals surface area contributed by atoms with Gasteiger partial charge in [-0.3, -0.25) is 20.4 Å². The van der Waals surface area contributed by atoms with Crippen molar-refractivity contribution in [1.29, 1.82) is 0 Å². The van der Waals surface area contributed by atoms with E-state index in [0.29, 0.717) is 33.5 Å². The standard InChI is InChI=1S/C19H20Cl2N2O3/c1-4-26-14-8-5-12(6-9-14)17(24)22-23-18(25)19(2,3)13-7-10-15(20)16(21)11-13/h5-11H,4H2,1-3H3,(H,22,24)(H,23,25). The van der Waals surface area contributed by atoms with Crippen LogP contribution < -0.4 is 15.6 Å². The molecule has 0 aliphatic heterocycles. The number of hydrogen-bond acceptors (Lipinski definition) is 3. The van der Waals surface area contributed by atoms with E-state index in [9.17, 15) is 9.59 Å². The van der Waals surface area contributed by atoms with Crippen LogP contribution in [0.4, 0.5) is 0 Å². The first-order valence-corrected chi connectivity index (χ1v) is 8.80. The van der Waals surface area contributed by atoms with Crippen molar-refractivity contribution in [3.05, 3.63) is 63.6 Å². The van der Waals surface area contributed by atoms with Crippen LogP contribution in [0.3, 0.4) is 0 Å². The molecular weight excluding hydrogens is 375 g/mol. The quantitative estimate of drug-likeness (QED) is 0.749. The van der Waals surface area contributed by atoms with Crippen LogP contribution in [0, 0.1) is 0 Å². The summed E-state index contributed by atoms with van der Waals surface area (Å²) in [7, 11) is 0. The molecule has 138 valence electrons. The van der Waals surface area contributed by atoms with Crippen LogP contribution in [0.1, 0.15) is 36.7 Å². The fourth-order valence-corrected chi connectivity index (χ4v) is 2.53. The Bertz CT molecular complexity index is 805. The second-order valence-corrected chi connectivity index (χ2v) is 6.93. The molecule has 0 aliphatic rings. The van der Waals surface area contributed by atoms with Crippen LogP contribution in [-0.2, 0) is 10.2 Å². The number of carbonyl (C=O) groups excluding carboxylic acids is 2. The Morgan fingerprint density at radius 3 is 2.23 bits per heavy atom. The molecule has 0 unspecified atom stereocenters. The predicted molar refractivity (Wildman–Crippen MR) is 103 cm³/mol. The van der Waals surface area contributed by atoms with Crippen LogP contribution in [0.25, 0.3) is 0 Å². The summed E-state index contributed by atoms with van der Waals surface area (Å²) in [4.78, 5) is 24.7. The molecule has 2 rings (SSSR count). The molecule has 0 fully saturated rings. The van der Waals surface area contributed by atoms with E-state index in [-0.39, 0.29) is 5.91 Å². The van der Waals surface area contributed by atoms with E-state index in [2.05, 4.69) is 10.9 Å². The average Bonchev–Trinajstić information content (AvgIpc) is 2.62. The van der Waals surface area contributed by atoms with Crippen LogP contribution in [0.5, 0.6) is 5.75 Å². The predicted octanol–water partition coefficient (Wildman–Crippen LogP) is 4.13. The van der Waals surface area contributed by atoms with Gasteiger partial charge in [-0.05, 0) is 62.7 Å². The van der Waals surface area contributed by atoms with Gasteiger partial charge in [-0.15, -0.1) is 0 Å². The maximum atomic E-state index is 12.5. The molecule has 0 bridgehead atoms. The molecule has 0 spiro atoms. The van der Waals surface area contributed by atoms with Gasteiger partial charge in [0, 0.05) is 5.56 Å². The Kier molecular flexibility index (Phi) is 6.51. The zero-order valence-corrected chi connectivity index (χ0v) is 16.2. The van der Waals surface area contributed by atoms with E-state index in [0.717, 1.165) is 0 Å². The molecule has 0 atom stereocenters. The third-order valence-electron chi connectivity index (χ3n) is 3.93. The molecule has 2 N–H and O–H groups in total. The number of rotatable bonds is 5. The minimum Gasteiger partial charge on any atom is -0.494 e. The fraction of sp³-hybridized carbons (Fsp3) is 0.263. The molecule has 2 amide bonds. The molecule has 0 aliphatic carbocycles. The van der Waals surface area contributed by atoms with Crippen LogP contribution in [0.15, 0.2) is 42.5 Å². The molecule has 0 saturated carbocycles. The van der Waals surface area contributed by atoms with E-state index in [1.54, 1.807) is 56.3 Å². The molecule has 5 nitrogen and oxygen atoms in total. The van der Waals surface area contributed by atoms with E-state index in [1.807, 2.05) is 6.92 Å². The molecular formula is C19H20Cl2N2O3. The van der Waals surface area contributed by atoms with Crippen LogP contribution >= 0.6 is 23.2 Å². The van der Waals surface area contributed by atoms with Crippen molar-refractivity contribution in [2.24, 2.45) is 0 Å². The monoisotopic (exact) mass is 394 g/mol. The normalized spacial score (nSPS) is 11.0. The summed E-state index contributed by atoms with van der Waals surface area (Å²) in [6.45, 7) is 5.88. The largest absolute Gasteiger partial charge is 0.494 e. The number of ether oxygens (including phenoxy) is 1. The highest BCUT2D eigenvalue weighted by atomic mass is 35.5. The van der Waals surface area contributed by atoms with Crippen LogP contribution in [0.2, 0.25) is 10.0 Å². The zero-order chi connectivity index (χ0) is 19.3. The summed E-state index contributed by atoms with van der Waals surface area (Å²) >= 11 is 11.9. The Morgan fingerprint density at radius 2 is 1.65 bits per heavy atom. The molecule has 2 aromatic rings. The van der Waals surface area contributed by atoms with Gasteiger partial charge in [-0.25, -0.2) is 0 Å². The molecule has 0 saturated heterocycles. The number of carbonyl (C=O) groups is 2. The summed E-state index contributed by atoms with van der Waals surface area (Å²) in [5.74, 6) is -0.129. The lowest BCUT2D eigenvalue weighted by atomic mass is 9.84. The second-order valence-electron chi connectivity index (χ2n) is 6.12. The van der Waals surface area contributed by atoms with E-state index in [4.69, 9.17) is 27.9 Å². The first-order chi connectivity index (χ1) is 12.3. The summed E-state index contributed by atoms with van der Waals surface area (Å²) in [5.41, 5.74) is 5.03. The lowest BCUT2D eigenvalue weighted by molar-refractivity contribution is -0.126. The van der Waals surface area contributed by atoms with Crippen molar-refractivity contribution >= 4 is 35.0 Å². The summed E-state index contributed by atoms with van der Waals surface area (Å²) in [6, 6.07) is 11.6. The highest BCUT2D eigenvalue weighted by Gasteiger charge is 2.30. The van der Waals surface area contributed by atoms with Crippen molar-refractivity contribution in [3.63, 3.8) is 0 Å². The van der Waals surface area contributed by atoms with Crippen molar-refractivity contribution in [2.45, 2.75) is 26.2 Å². The van der Waals surface area contributed by atoms with Gasteiger partial charge in [0.15, 0.2) is 0 Å². The number of benzene rings is 2. The lowest BCUT2D eigenvalue weighted by Crippen LogP contribution is -2.49. The smallest absolute Gasteiger partial charge is 0.269 e. The van der Waals surface area contributed by atoms with Gasteiger partial charge < -0.3 is 4.74 Å². The van der Waals surface area contributed by atoms with Crippen molar-refractivity contribution in [2.75, 3.05) is 6.61 Å². The molecule has 7 heteroatoms. The lowest BCUT2D eigenvalue weighted by Gasteiger charge is -2.24. The number of hydrogen-bond donors (Lipinski definition) is 2. The van der Waals surface area contributed by atoms with Gasteiger partial charge in [0.2, 0.25) is 5.91 Å². The Balaban J connectivity index is 2.02. The first kappa shape index (κ1) is 20.1. The second kappa shape index (κ2) is 8.43. The fourth-order valence-electron chi connectivity index (χ4n) is 2.23. The average molecular weight is 395 g/mol. The molecule has 26 heavy (non-hydrogen) atoms. The maximum Gasteiger partial charge on any atom is 0.269 e. The molecule has 0 heterocycles. The van der Waals surface area contributed by atoms with Gasteiger partial charge in [0.05, 0.1) is 22.1 Å². The highest BCUT2D eigenvalue weighted by molar-refractivity contribution is 6.42. The SMILES string of the molecule is CCOc1ccc(C(=O)NNC(=O)C(C)(C)c2ccc(Cl)c(Cl)c2)cc1. The Hall–Kier alpha value is -2.24. The van der Waals surface area contributed by atoms with E-state index < -0.39 is 11.3 Å². The number of hydrazine groups is 1. The van der Waals surface area contributed by atoms with Gasteiger partial charge >= 0.3 is 0 Å². The topological polar surface area (TPSA) is 67.4 Å². The Labute approximate surface area is 162 Å². The van der Waals surface area contributed by atoms with Crippen molar-refractivity contribution in [3.8, 4) is 5.75 Å². The van der Waals surface area contributed by atoms with E-state index >= 15 is 0 Å². The summed E-state index contributed by atoms with van der Waals surface area (Å²) < 4.78 is 5.33. The number of halogens is 2. The zero-order valence-electron chi connectivity index (χ0n) is 14.7. The maximum absolute atomic E-state index is 12.5. The molecule has 0 radical (unpaired) electrons. The molecule has 2 aromatic carbocycles. The van der Waals surface area contributed by atoms with Gasteiger partial charge in [0.1, 0.15) is 5.75 Å². The first-order valence-electron chi connectivity index (χ1n) is 8.05. The molecule has 0 aromatic heterocycles. The van der Waals surface area contributed by atoms with Crippen molar-refractivity contribution in [1.82, 2.24) is 10.9 Å². The van der Waals surface area contributed by atoms with E-state index in [1.165, 1.54) is 0 Å². The van der Waals surface area contributed by atoms with Crippen molar-refractivity contribution < 1.29 is 14.3 Å². The van der Waals surface area contributed by atoms with Gasteiger partial charge in [-0.2, -0.15) is 0 Å². The number of amides is 2. The minimum absolute atomic E-state index is 0.364. The van der Waals surface area contributed by atoms with Gasteiger partial charge in [0.25, 0.3) is 5.91 Å². The number of nitrogens with one attached hydrogen (secondary N) is 2. The Morgan fingerprint density at radius 1 is 1.00 bits per heavy atom. The minimum atomic E-state index is -0.916. The summed E-state index contributed by atoms with van der Waals surface area (Å²) in [6.07, 6.45) is 0. The van der Waals surface area contributed by atoms with Gasteiger partial charge in [-0.1, -0.05) is 29.3 Å². The highest BCUT2D eigenvalue weighted by Crippen LogP contribution is 2.30. The third-order valence-corrected chi connectivity index (χ3v) is 4.67.